The van der Waals surface area contributed by atoms with Crippen molar-refractivity contribution in [1.82, 2.24) is 9.13 Å². The predicted molar refractivity (Wildman–Crippen MR) is 142 cm³/mol. The number of benzene rings is 2. The maximum atomic E-state index is 5.73. The smallest absolute Gasteiger partial charge is 0.383 e. The van der Waals surface area contributed by atoms with Crippen molar-refractivity contribution in [3.05, 3.63) is 73.3 Å². The zero-order valence-corrected chi connectivity index (χ0v) is 21.7. The van der Waals surface area contributed by atoms with Crippen molar-refractivity contribution < 1.29 is 13.9 Å². The molecule has 0 unspecified atom stereocenters. The van der Waals surface area contributed by atoms with Crippen LogP contribution in [-0.2, 0) is 32.9 Å². The molecule has 2 aromatic heterocycles. The third-order valence-corrected chi connectivity index (χ3v) is 5.69. The summed E-state index contributed by atoms with van der Waals surface area (Å²) >= 11 is 0. The van der Waals surface area contributed by atoms with E-state index >= 15 is 0 Å². The third kappa shape index (κ3) is 7.31. The van der Waals surface area contributed by atoms with Crippen LogP contribution in [0.5, 0.6) is 0 Å². The normalized spacial score (nSPS) is 11.6. The summed E-state index contributed by atoms with van der Waals surface area (Å²) in [6.45, 7) is 2.67. The summed E-state index contributed by atoms with van der Waals surface area (Å²) in [5, 5.41) is 24.0. The first-order chi connectivity index (χ1) is 18.0. The molecule has 4 aromatic rings. The molecule has 11 nitrogen and oxygen atoms in total. The van der Waals surface area contributed by atoms with E-state index in [1.807, 2.05) is 120 Å². The number of azo groups is 2. The number of aryl methyl sites for hydroxylation is 4. The molecule has 2 heterocycles. The number of nitrogens with one attached hydrogen (secondary N) is 2. The van der Waals surface area contributed by atoms with Crippen molar-refractivity contribution >= 4 is 34.6 Å². The Bertz CT molecular complexity index is 1190. The van der Waals surface area contributed by atoms with Crippen molar-refractivity contribution in [1.29, 1.82) is 0 Å². The lowest BCUT2D eigenvalue weighted by molar-refractivity contribution is -0.657. The van der Waals surface area contributed by atoms with E-state index in [0.29, 0.717) is 13.2 Å². The number of imidazole rings is 2. The molecule has 0 aliphatic rings. The minimum absolute atomic E-state index is 0.614. The molecule has 0 aliphatic heterocycles. The average Bonchev–Trinajstić information content (AvgIpc) is 3.41. The first kappa shape index (κ1) is 25.7. The lowest BCUT2D eigenvalue weighted by Crippen LogP contribution is -2.25. The van der Waals surface area contributed by atoms with Gasteiger partial charge in [-0.05, 0) is 48.5 Å². The van der Waals surface area contributed by atoms with Crippen LogP contribution in [0.4, 0.5) is 34.6 Å². The minimum atomic E-state index is 0.614. The quantitative estimate of drug-likeness (QED) is 0.171. The monoisotopic (exact) mass is 502 g/mol. The molecule has 192 valence electrons. The van der Waals surface area contributed by atoms with E-state index in [4.69, 9.17) is 4.74 Å². The number of rotatable bonds is 12. The molecule has 2 N–H and O–H groups in total. The Morgan fingerprint density at radius 2 is 1.05 bits per heavy atom. The molecule has 11 heteroatoms. The number of hydrogen-bond acceptors (Lipinski definition) is 7. The van der Waals surface area contributed by atoms with Gasteiger partial charge in [-0.15, -0.1) is 0 Å². The molecule has 4 rings (SSSR count). The first-order valence-corrected chi connectivity index (χ1v) is 12.1. The highest BCUT2D eigenvalue weighted by molar-refractivity contribution is 5.51. The van der Waals surface area contributed by atoms with Crippen LogP contribution in [0.15, 0.2) is 93.8 Å². The van der Waals surface area contributed by atoms with Gasteiger partial charge in [-0.3, -0.25) is 0 Å². The molecular weight excluding hydrogens is 468 g/mol. The second kappa shape index (κ2) is 12.5. The van der Waals surface area contributed by atoms with Crippen molar-refractivity contribution in [2.24, 2.45) is 48.6 Å². The van der Waals surface area contributed by atoms with E-state index < -0.39 is 0 Å². The number of nitrogens with zero attached hydrogens (tertiary/aromatic N) is 8. The fourth-order valence-corrected chi connectivity index (χ4v) is 3.58. The molecule has 0 radical (unpaired) electrons. The molecule has 0 spiro atoms. The first-order valence-electron chi connectivity index (χ1n) is 12.1. The molecule has 0 bridgehead atoms. The number of hydrogen-bond donors (Lipinski definition) is 2. The van der Waals surface area contributed by atoms with Gasteiger partial charge in [0.2, 0.25) is 0 Å². The predicted octanol–water partition coefficient (Wildman–Crippen LogP) is 4.38. The molecule has 37 heavy (non-hydrogen) atoms. The van der Waals surface area contributed by atoms with E-state index in [1.54, 1.807) is 0 Å². The van der Waals surface area contributed by atoms with Crippen molar-refractivity contribution in [2.45, 2.75) is 0 Å². The summed E-state index contributed by atoms with van der Waals surface area (Å²) in [5.41, 5.74) is 3.64. The van der Waals surface area contributed by atoms with Gasteiger partial charge in [0.15, 0.2) is 0 Å². The number of aromatic nitrogens is 4. The zero-order chi connectivity index (χ0) is 26.0. The van der Waals surface area contributed by atoms with Crippen LogP contribution in [0.1, 0.15) is 0 Å². The summed E-state index contributed by atoms with van der Waals surface area (Å²) in [6, 6.07) is 15.7. The van der Waals surface area contributed by atoms with Crippen molar-refractivity contribution in [2.75, 3.05) is 36.9 Å². The van der Waals surface area contributed by atoms with E-state index in [0.717, 1.165) is 47.7 Å². The molecule has 0 fully saturated rings. The van der Waals surface area contributed by atoms with Gasteiger partial charge in [0.1, 0.15) is 11.4 Å². The molecule has 0 atom stereocenters. The second-order valence-electron chi connectivity index (χ2n) is 8.60. The lowest BCUT2D eigenvalue weighted by Gasteiger charge is -2.09. The van der Waals surface area contributed by atoms with E-state index in [1.165, 1.54) is 0 Å². The molecule has 0 aliphatic carbocycles. The van der Waals surface area contributed by atoms with Gasteiger partial charge in [-0.25, -0.2) is 18.3 Å². The molecule has 0 saturated heterocycles. The largest absolute Gasteiger partial charge is 0.421 e. The SMILES string of the molecule is Cn1cc[n+](C)c1N=Nc1ccc(NCCOCCNc2ccc(N=Nc3n(C)cc[n+]3C)cc2)cc1. The topological polar surface area (TPSA) is 100 Å². The molecular formula is C26H34N10O+2. The summed E-state index contributed by atoms with van der Waals surface area (Å²) in [4.78, 5) is 0. The highest BCUT2D eigenvalue weighted by Crippen LogP contribution is 2.19. The van der Waals surface area contributed by atoms with Crippen LogP contribution < -0.4 is 19.8 Å². The van der Waals surface area contributed by atoms with Crippen LogP contribution in [-0.4, -0.2) is 35.4 Å². The third-order valence-electron chi connectivity index (χ3n) is 5.69. The Morgan fingerprint density at radius 1 is 0.649 bits per heavy atom. The summed E-state index contributed by atoms with van der Waals surface area (Å²) in [5.74, 6) is 1.57. The number of ether oxygens (including phenoxy) is 1. The van der Waals surface area contributed by atoms with Gasteiger partial charge in [-0.2, -0.15) is 0 Å². The minimum Gasteiger partial charge on any atom is -0.383 e. The fraction of sp³-hybridized carbons (Fsp3) is 0.308. The van der Waals surface area contributed by atoms with Gasteiger partial charge >= 0.3 is 11.9 Å². The standard InChI is InChI=1S/C26H32N10O/c1-33-15-16-34(2)25(33)31-29-23-9-5-21(6-10-23)27-13-19-37-20-14-28-22-7-11-24(12-8-22)30-32-26-35(3)17-18-36(26)4/h5-12,15-18H,13-14,19-20H2,1-4H3/p+2. The van der Waals surface area contributed by atoms with E-state index in [2.05, 4.69) is 31.1 Å². The molecule has 0 amide bonds. The summed E-state index contributed by atoms with van der Waals surface area (Å²) in [6.07, 6.45) is 7.77. The van der Waals surface area contributed by atoms with Crippen molar-refractivity contribution in [3.8, 4) is 0 Å². The maximum Gasteiger partial charge on any atom is 0.421 e. The van der Waals surface area contributed by atoms with Gasteiger partial charge in [0.05, 0.1) is 66.2 Å². The Hall–Kier alpha value is -4.38. The molecule has 0 saturated carbocycles. The summed E-state index contributed by atoms with van der Waals surface area (Å²) in [7, 11) is 7.77. The Balaban J connectivity index is 1.10. The van der Waals surface area contributed by atoms with Crippen LogP contribution in [0, 0.1) is 0 Å². The van der Waals surface area contributed by atoms with E-state index in [9.17, 15) is 0 Å². The van der Waals surface area contributed by atoms with Gasteiger partial charge in [0.25, 0.3) is 0 Å². The zero-order valence-electron chi connectivity index (χ0n) is 21.7. The van der Waals surface area contributed by atoms with Gasteiger partial charge in [-0.1, -0.05) is 10.2 Å². The molecule has 2 aromatic carbocycles. The average molecular weight is 503 g/mol. The van der Waals surface area contributed by atoms with Crippen LogP contribution in [0.2, 0.25) is 0 Å². The Labute approximate surface area is 216 Å². The highest BCUT2D eigenvalue weighted by atomic mass is 16.5. The number of anilines is 2. The summed E-state index contributed by atoms with van der Waals surface area (Å²) < 4.78 is 13.4. The Kier molecular flexibility index (Phi) is 8.71. The van der Waals surface area contributed by atoms with Gasteiger partial charge < -0.3 is 15.4 Å². The van der Waals surface area contributed by atoms with Crippen LogP contribution in [0.3, 0.4) is 0 Å². The lowest BCUT2D eigenvalue weighted by atomic mass is 10.3. The van der Waals surface area contributed by atoms with E-state index in [-0.39, 0.29) is 0 Å². The van der Waals surface area contributed by atoms with Crippen molar-refractivity contribution in [3.63, 3.8) is 0 Å². The van der Waals surface area contributed by atoms with Crippen LogP contribution in [0.25, 0.3) is 0 Å². The maximum absolute atomic E-state index is 5.73. The van der Waals surface area contributed by atoms with Gasteiger partial charge in [0, 0.05) is 34.7 Å². The van der Waals surface area contributed by atoms with Crippen LogP contribution >= 0.6 is 0 Å². The second-order valence-corrected chi connectivity index (χ2v) is 8.60. The fourth-order valence-electron chi connectivity index (χ4n) is 3.58. The highest BCUT2D eigenvalue weighted by Gasteiger charge is 2.11. The Morgan fingerprint density at radius 3 is 1.41 bits per heavy atom.